The molecule has 1 aromatic rings. The summed E-state index contributed by atoms with van der Waals surface area (Å²) in [5.41, 5.74) is 0.947. The Bertz CT molecular complexity index is 492. The van der Waals surface area contributed by atoms with E-state index in [4.69, 9.17) is 0 Å². The zero-order valence-electron chi connectivity index (χ0n) is 9.90. The number of halogens is 1. The summed E-state index contributed by atoms with van der Waals surface area (Å²) in [4.78, 5) is 0.920. The molecular formula is C13H17BrO2S. The first-order chi connectivity index (χ1) is 8.04. The zero-order chi connectivity index (χ0) is 12.5. The molecule has 0 heterocycles. The van der Waals surface area contributed by atoms with E-state index < -0.39 is 9.84 Å². The highest BCUT2D eigenvalue weighted by Gasteiger charge is 2.30. The quantitative estimate of drug-likeness (QED) is 0.782. The molecule has 0 N–H and O–H groups in total. The Morgan fingerprint density at radius 3 is 2.59 bits per heavy atom. The third kappa shape index (κ3) is 3.10. The smallest absolute Gasteiger partial charge is 0.178 e. The van der Waals surface area contributed by atoms with Gasteiger partial charge in [-0.05, 0) is 36.8 Å². The van der Waals surface area contributed by atoms with Gasteiger partial charge in [0, 0.05) is 4.83 Å². The highest BCUT2D eigenvalue weighted by molar-refractivity contribution is 9.09. The minimum Gasteiger partial charge on any atom is -0.224 e. The Kier molecular flexibility index (Phi) is 3.93. The van der Waals surface area contributed by atoms with Crippen LogP contribution < -0.4 is 0 Å². The molecule has 0 spiro atoms. The first kappa shape index (κ1) is 13.1. The second-order valence-electron chi connectivity index (χ2n) is 4.57. The standard InChI is InChI=1S/C13H17BrO2S/c1-2-17(15,16)13-6-4-3-5-11(13)9-12(14)10-7-8-10/h3-6,10,12H,2,7-9H2,1H3. The van der Waals surface area contributed by atoms with Crippen molar-refractivity contribution in [1.82, 2.24) is 0 Å². The van der Waals surface area contributed by atoms with Crippen molar-refractivity contribution in [2.75, 3.05) is 5.75 Å². The summed E-state index contributed by atoms with van der Waals surface area (Å²) in [5.74, 6) is 0.896. The summed E-state index contributed by atoms with van der Waals surface area (Å²) in [6.45, 7) is 1.69. The molecule has 0 radical (unpaired) electrons. The molecular weight excluding hydrogens is 300 g/mol. The average Bonchev–Trinajstić information content (AvgIpc) is 3.13. The van der Waals surface area contributed by atoms with Crippen molar-refractivity contribution in [2.24, 2.45) is 5.92 Å². The van der Waals surface area contributed by atoms with Gasteiger partial charge in [0.25, 0.3) is 0 Å². The van der Waals surface area contributed by atoms with Gasteiger partial charge in [-0.25, -0.2) is 8.42 Å². The fourth-order valence-corrected chi connectivity index (χ4v) is 3.99. The molecule has 2 rings (SSSR count). The van der Waals surface area contributed by atoms with Gasteiger partial charge >= 0.3 is 0 Å². The Labute approximate surface area is 111 Å². The summed E-state index contributed by atoms with van der Waals surface area (Å²) < 4.78 is 23.9. The fourth-order valence-electron chi connectivity index (χ4n) is 1.97. The molecule has 2 nitrogen and oxygen atoms in total. The number of sulfone groups is 1. The molecule has 1 atom stereocenters. The lowest BCUT2D eigenvalue weighted by Gasteiger charge is -2.12. The van der Waals surface area contributed by atoms with E-state index in [2.05, 4.69) is 15.9 Å². The van der Waals surface area contributed by atoms with Gasteiger partial charge < -0.3 is 0 Å². The first-order valence-corrected chi connectivity index (χ1v) is 8.56. The molecule has 1 aromatic carbocycles. The summed E-state index contributed by atoms with van der Waals surface area (Å²) in [5, 5.41) is 0. The molecule has 0 saturated heterocycles. The maximum absolute atomic E-state index is 12.0. The maximum Gasteiger partial charge on any atom is 0.178 e. The lowest BCUT2D eigenvalue weighted by Crippen LogP contribution is -2.11. The summed E-state index contributed by atoms with van der Waals surface area (Å²) in [6.07, 6.45) is 3.33. The van der Waals surface area contributed by atoms with Crippen LogP contribution in [-0.4, -0.2) is 19.0 Å². The number of benzene rings is 1. The highest BCUT2D eigenvalue weighted by Crippen LogP contribution is 2.38. The minimum atomic E-state index is -3.10. The van der Waals surface area contributed by atoms with Crippen LogP contribution in [0.2, 0.25) is 0 Å². The van der Waals surface area contributed by atoms with Gasteiger partial charge in [0.2, 0.25) is 0 Å². The van der Waals surface area contributed by atoms with Gasteiger partial charge in [-0.15, -0.1) is 0 Å². The first-order valence-electron chi connectivity index (χ1n) is 5.99. The molecule has 0 aliphatic heterocycles. The van der Waals surface area contributed by atoms with Crippen LogP contribution in [-0.2, 0) is 16.3 Å². The van der Waals surface area contributed by atoms with Crippen molar-refractivity contribution >= 4 is 25.8 Å². The van der Waals surface area contributed by atoms with Gasteiger partial charge in [0.05, 0.1) is 10.6 Å². The SMILES string of the molecule is CCS(=O)(=O)c1ccccc1CC(Br)C1CC1. The largest absolute Gasteiger partial charge is 0.224 e. The molecule has 17 heavy (non-hydrogen) atoms. The van der Waals surface area contributed by atoms with Gasteiger partial charge in [0.1, 0.15) is 0 Å². The third-order valence-corrected chi connectivity index (χ3v) is 6.14. The number of rotatable bonds is 5. The van der Waals surface area contributed by atoms with E-state index in [1.165, 1.54) is 12.8 Å². The van der Waals surface area contributed by atoms with Gasteiger partial charge in [-0.1, -0.05) is 41.1 Å². The average molecular weight is 317 g/mol. The van der Waals surface area contributed by atoms with Crippen molar-refractivity contribution < 1.29 is 8.42 Å². The van der Waals surface area contributed by atoms with Crippen LogP contribution in [0.1, 0.15) is 25.3 Å². The van der Waals surface area contributed by atoms with E-state index >= 15 is 0 Å². The molecule has 1 unspecified atom stereocenters. The van der Waals surface area contributed by atoms with Crippen molar-refractivity contribution in [3.63, 3.8) is 0 Å². The van der Waals surface area contributed by atoms with Crippen LogP contribution in [0.15, 0.2) is 29.2 Å². The normalized spacial score (nSPS) is 18.0. The van der Waals surface area contributed by atoms with Crippen molar-refractivity contribution in [3.8, 4) is 0 Å². The second kappa shape index (κ2) is 5.11. The highest BCUT2D eigenvalue weighted by atomic mass is 79.9. The van der Waals surface area contributed by atoms with E-state index in [1.807, 2.05) is 12.1 Å². The zero-order valence-corrected chi connectivity index (χ0v) is 12.3. The van der Waals surface area contributed by atoms with Crippen LogP contribution >= 0.6 is 15.9 Å². The molecule has 1 aliphatic rings. The molecule has 0 amide bonds. The van der Waals surface area contributed by atoms with Crippen LogP contribution in [0.5, 0.6) is 0 Å². The van der Waals surface area contributed by atoms with Crippen LogP contribution in [0.4, 0.5) is 0 Å². The molecule has 0 bridgehead atoms. The second-order valence-corrected chi connectivity index (χ2v) is 7.99. The molecule has 0 aromatic heterocycles. The van der Waals surface area contributed by atoms with Crippen LogP contribution in [0.3, 0.4) is 0 Å². The fraction of sp³-hybridized carbons (Fsp3) is 0.538. The number of hydrogen-bond donors (Lipinski definition) is 0. The molecule has 4 heteroatoms. The topological polar surface area (TPSA) is 34.1 Å². The van der Waals surface area contributed by atoms with Gasteiger partial charge in [0.15, 0.2) is 9.84 Å². The lowest BCUT2D eigenvalue weighted by molar-refractivity contribution is 0.595. The van der Waals surface area contributed by atoms with Gasteiger partial charge in [-0.3, -0.25) is 0 Å². The predicted octanol–water partition coefficient (Wildman–Crippen LogP) is 3.20. The Morgan fingerprint density at radius 2 is 2.00 bits per heavy atom. The number of alkyl halides is 1. The van der Waals surface area contributed by atoms with Crippen molar-refractivity contribution in [3.05, 3.63) is 29.8 Å². The summed E-state index contributed by atoms with van der Waals surface area (Å²) in [7, 11) is -3.10. The minimum absolute atomic E-state index is 0.167. The summed E-state index contributed by atoms with van der Waals surface area (Å²) in [6, 6.07) is 7.36. The maximum atomic E-state index is 12.0. The van der Waals surface area contributed by atoms with Crippen LogP contribution in [0.25, 0.3) is 0 Å². The molecule has 1 fully saturated rings. The van der Waals surface area contributed by atoms with Crippen molar-refractivity contribution in [1.29, 1.82) is 0 Å². The number of hydrogen-bond acceptors (Lipinski definition) is 2. The van der Waals surface area contributed by atoms with Crippen molar-refractivity contribution in [2.45, 2.75) is 35.9 Å². The Balaban J connectivity index is 2.27. The Hall–Kier alpha value is -0.350. The Morgan fingerprint density at radius 1 is 1.35 bits per heavy atom. The third-order valence-electron chi connectivity index (χ3n) is 3.24. The molecule has 94 valence electrons. The predicted molar refractivity (Wildman–Crippen MR) is 73.3 cm³/mol. The van der Waals surface area contributed by atoms with Gasteiger partial charge in [-0.2, -0.15) is 0 Å². The molecule has 1 saturated carbocycles. The van der Waals surface area contributed by atoms with E-state index in [9.17, 15) is 8.42 Å². The van der Waals surface area contributed by atoms with E-state index in [0.29, 0.717) is 9.72 Å². The van der Waals surface area contributed by atoms with E-state index in [0.717, 1.165) is 17.9 Å². The van der Waals surface area contributed by atoms with Crippen LogP contribution in [0, 0.1) is 5.92 Å². The monoisotopic (exact) mass is 316 g/mol. The van der Waals surface area contributed by atoms with E-state index in [-0.39, 0.29) is 5.75 Å². The molecule has 1 aliphatic carbocycles. The lowest BCUT2D eigenvalue weighted by atomic mass is 10.1. The summed E-state index contributed by atoms with van der Waals surface area (Å²) >= 11 is 3.67. The van der Waals surface area contributed by atoms with E-state index in [1.54, 1.807) is 19.1 Å².